The van der Waals surface area contributed by atoms with E-state index in [1.54, 1.807) is 50.3 Å². The summed E-state index contributed by atoms with van der Waals surface area (Å²) in [6.07, 6.45) is -1.36. The van der Waals surface area contributed by atoms with Crippen molar-refractivity contribution in [3.63, 3.8) is 0 Å². The molecule has 0 fully saturated rings. The van der Waals surface area contributed by atoms with Crippen molar-refractivity contribution in [2.24, 2.45) is 57.2 Å². The number of alkyl halides is 6. The van der Waals surface area contributed by atoms with Crippen molar-refractivity contribution >= 4 is 60.9 Å². The molecule has 8 aromatic carbocycles. The minimum atomic E-state index is -4.71. The Morgan fingerprint density at radius 2 is 0.838 bits per heavy atom. The third kappa shape index (κ3) is 50.5. The first-order valence-electron chi connectivity index (χ1n) is 38.5. The zero-order valence-corrected chi connectivity index (χ0v) is 74.2. The minimum Gasteiger partial charge on any atom is -0.404 e. The summed E-state index contributed by atoms with van der Waals surface area (Å²) in [5, 5.41) is 10.2. The molecule has 0 saturated heterocycles. The highest BCUT2D eigenvalue weighted by molar-refractivity contribution is 7.92. The molecular weight excluding hydrogens is 1580 g/mol. The molecule has 0 heterocycles. The van der Waals surface area contributed by atoms with Gasteiger partial charge in [-0.25, -0.2) is 39.9 Å². The molecular formula is C91H124ClF9N6O8S2. The second-order valence-corrected chi connectivity index (χ2v) is 37.3. The quantitative estimate of drug-likeness (QED) is 0.0435. The molecule has 0 spiro atoms. The van der Waals surface area contributed by atoms with Crippen LogP contribution in [0.2, 0.25) is 5.02 Å². The number of primary sulfonamides is 1. The average Bonchev–Trinajstić information content (AvgIpc) is 0.831. The summed E-state index contributed by atoms with van der Waals surface area (Å²) in [6.45, 7) is 37.8. The fourth-order valence-electron chi connectivity index (χ4n) is 11.3. The van der Waals surface area contributed by atoms with Crippen LogP contribution in [0.4, 0.5) is 55.7 Å². The molecule has 7 N–H and O–H groups in total. The first kappa shape index (κ1) is 106. The molecule has 4 amide bonds. The second-order valence-electron chi connectivity index (χ2n) is 33.6. The molecule has 0 radical (unpaired) electrons. The van der Waals surface area contributed by atoms with Crippen molar-refractivity contribution in [1.29, 1.82) is 0 Å². The number of hydrogen-bond acceptors (Lipinski definition) is 8. The Kier molecular flexibility index (Phi) is 45.4. The summed E-state index contributed by atoms with van der Waals surface area (Å²) in [6, 6.07) is 48.5. The van der Waals surface area contributed by atoms with Crippen LogP contribution in [-0.4, -0.2) is 73.3 Å². The number of anilines is 2. The van der Waals surface area contributed by atoms with Crippen molar-refractivity contribution in [2.75, 3.05) is 37.4 Å². The fourth-order valence-corrected chi connectivity index (χ4v) is 12.6. The molecule has 0 aliphatic rings. The van der Waals surface area contributed by atoms with E-state index in [1.807, 2.05) is 139 Å². The molecule has 0 aliphatic heterocycles. The number of primary amides is 1. The van der Waals surface area contributed by atoms with E-state index in [9.17, 15) is 70.7 Å². The highest BCUT2D eigenvalue weighted by Crippen LogP contribution is 2.34. The van der Waals surface area contributed by atoms with Gasteiger partial charge in [0.2, 0.25) is 20.0 Å². The van der Waals surface area contributed by atoms with E-state index in [0.29, 0.717) is 60.1 Å². The standard InChI is InChI=1S/C14H21NO.C13H19NO.C11H12ClF3O.C11H12F4.C11H16N2O.C11H17NO2S.C10H12F2.C10H15NO2S/c1-14(2,3)10-11-6-8-12(9-7-11)13(16)15(4)5;1-13(2,3)9-10-5-7-11(8-6-10)12(15)14-4;1-7(2)5-8-3-4-9(12)10(6-8)16-11(13,14)15;1-7(2)5-8-3-4-10(12)9(6-8)11(13,14)15;1-8(2)6-9-4-3-5-10(7-9)13-11(12)14;1-9(2)7-10-5-4-6-11(8-10)12-15(3,13)14;1-7(2)3-8-4-9(11)6-10(12)5-8;1-8(2)6-9-4-3-5-10(7-9)14(11,12)13/h6-9H,10H2,1-5H3;5-8H,9H2,1-4H3,(H,14,15);3-4,6-7H,5H2,1-2H3;3-4,6-7H,5H2,1-2H3;3-5,7-8H,6H2,1-2H3,(H3,12,13,14);4-6,8-9,12H,7H2,1-3H3;4-7H,3H2,1-2H3;3-5,7-8H,6H2,1-2H3,(H2,11,12,13). The van der Waals surface area contributed by atoms with Gasteiger partial charge in [-0.15, -0.1) is 13.2 Å². The van der Waals surface area contributed by atoms with Crippen LogP contribution >= 0.6 is 11.6 Å². The zero-order chi connectivity index (χ0) is 89.7. The molecule has 8 rings (SSSR count). The third-order valence-electron chi connectivity index (χ3n) is 15.5. The Labute approximate surface area is 696 Å². The normalized spacial score (nSPS) is 11.4. The van der Waals surface area contributed by atoms with Crippen molar-refractivity contribution in [2.45, 2.75) is 193 Å². The Morgan fingerprint density at radius 3 is 1.21 bits per heavy atom. The Bertz CT molecular complexity index is 4540. The maximum absolute atomic E-state index is 12.9. The summed E-state index contributed by atoms with van der Waals surface area (Å²) in [4.78, 5) is 35.4. The van der Waals surface area contributed by atoms with E-state index in [4.69, 9.17) is 22.5 Å². The van der Waals surface area contributed by atoms with Gasteiger partial charge in [0.25, 0.3) is 11.8 Å². The highest BCUT2D eigenvalue weighted by Gasteiger charge is 2.34. The van der Waals surface area contributed by atoms with Crippen molar-refractivity contribution in [3.05, 3.63) is 260 Å². The number of carbonyl (C=O) groups is 3. The van der Waals surface area contributed by atoms with Crippen LogP contribution in [0.15, 0.2) is 181 Å². The van der Waals surface area contributed by atoms with Crippen molar-refractivity contribution < 1.29 is 75.5 Å². The van der Waals surface area contributed by atoms with Crippen molar-refractivity contribution in [3.8, 4) is 5.75 Å². The van der Waals surface area contributed by atoms with Crippen LogP contribution in [0.3, 0.4) is 0 Å². The zero-order valence-electron chi connectivity index (χ0n) is 71.8. The summed E-state index contributed by atoms with van der Waals surface area (Å²) in [5.74, 6) is 0.198. The number of hydrogen-bond donors (Lipinski definition) is 5. The second kappa shape index (κ2) is 50.1. The SMILES string of the molecule is CC(C)Cc1cc(F)cc(F)c1.CC(C)Cc1ccc(Cl)c(OC(F)(F)F)c1.CC(C)Cc1ccc(F)c(C(F)(F)F)c1.CC(C)Cc1cccc(NC(N)=O)c1.CC(C)Cc1cccc(NS(C)(=O)=O)c1.CC(C)Cc1cccc(S(N)(=O)=O)c1.CN(C)C(=O)c1ccc(CC(C)(C)C)cc1.CNC(=O)c1ccc(CC(C)(C)C)cc1. The third-order valence-corrected chi connectivity index (χ3v) is 17.3. The van der Waals surface area contributed by atoms with Gasteiger partial charge in [0.15, 0.2) is 0 Å². The van der Waals surface area contributed by atoms with Gasteiger partial charge in [0.1, 0.15) is 23.2 Å². The van der Waals surface area contributed by atoms with E-state index in [2.05, 4.69) is 103 Å². The van der Waals surface area contributed by atoms with Crippen LogP contribution < -0.4 is 31.0 Å². The van der Waals surface area contributed by atoms with Crippen LogP contribution in [0, 0.1) is 63.8 Å². The average molecular weight is 1700 g/mol. The molecule has 0 saturated carbocycles. The van der Waals surface area contributed by atoms with Gasteiger partial charge >= 0.3 is 18.6 Å². The number of nitrogens with two attached hydrogens (primary N) is 2. The summed E-state index contributed by atoms with van der Waals surface area (Å²) >= 11 is 5.61. The van der Waals surface area contributed by atoms with Gasteiger partial charge in [-0.1, -0.05) is 209 Å². The number of nitrogens with zero attached hydrogens (tertiary/aromatic N) is 1. The molecule has 8 aromatic rings. The minimum absolute atomic E-state index is 0.0303. The van der Waals surface area contributed by atoms with Crippen LogP contribution in [0.25, 0.3) is 0 Å². The Hall–Kier alpha value is -8.91. The number of benzene rings is 8. The molecule has 0 unspecified atom stereocenters. The topological polar surface area (TPSA) is 220 Å². The lowest BCUT2D eigenvalue weighted by molar-refractivity contribution is -0.274. The molecule has 0 aromatic heterocycles. The van der Waals surface area contributed by atoms with E-state index >= 15 is 0 Å². The van der Waals surface area contributed by atoms with Gasteiger partial charge in [-0.2, -0.15) is 13.2 Å². The van der Waals surface area contributed by atoms with Crippen LogP contribution in [0.1, 0.15) is 195 Å². The fraction of sp³-hybridized carbons (Fsp3) is 0.440. The molecule has 0 atom stereocenters. The van der Waals surface area contributed by atoms with Gasteiger partial charge in [-0.3, -0.25) is 14.3 Å². The highest BCUT2D eigenvalue weighted by atomic mass is 35.5. The van der Waals surface area contributed by atoms with Gasteiger partial charge in [0, 0.05) is 49.7 Å². The maximum atomic E-state index is 12.9. The van der Waals surface area contributed by atoms with Crippen molar-refractivity contribution in [1.82, 2.24) is 10.2 Å². The Balaban J connectivity index is 0.000000669. The van der Waals surface area contributed by atoms with E-state index in [0.717, 1.165) is 95.6 Å². The number of nitrogens with one attached hydrogen (secondary N) is 3. The largest absolute Gasteiger partial charge is 0.573 e. The smallest absolute Gasteiger partial charge is 0.404 e. The van der Waals surface area contributed by atoms with E-state index < -0.39 is 61.6 Å². The predicted octanol–water partition coefficient (Wildman–Crippen LogP) is 23.4. The predicted molar refractivity (Wildman–Crippen MR) is 460 cm³/mol. The molecule has 0 aliphatic carbocycles. The summed E-state index contributed by atoms with van der Waals surface area (Å²) in [7, 11) is -1.55. The van der Waals surface area contributed by atoms with Gasteiger partial charge < -0.3 is 26.0 Å². The maximum Gasteiger partial charge on any atom is 0.573 e. The lowest BCUT2D eigenvalue weighted by atomic mass is 9.88. The number of amides is 4. The number of sulfonamides is 2. The van der Waals surface area contributed by atoms with Crippen LogP contribution in [-0.2, 0) is 77.6 Å². The number of carbonyl (C=O) groups excluding carboxylic acids is 3. The lowest BCUT2D eigenvalue weighted by Gasteiger charge is -2.18. The first-order valence-corrected chi connectivity index (χ1v) is 42.3. The molecule has 14 nitrogen and oxygen atoms in total. The lowest BCUT2D eigenvalue weighted by Crippen LogP contribution is -2.21. The number of halogens is 10. The van der Waals surface area contributed by atoms with Crippen LogP contribution in [0.5, 0.6) is 5.75 Å². The van der Waals surface area contributed by atoms with E-state index in [-0.39, 0.29) is 44.2 Å². The summed E-state index contributed by atoms with van der Waals surface area (Å²) in [5.41, 5.74) is 15.2. The number of urea groups is 1. The summed E-state index contributed by atoms with van der Waals surface area (Å²) < 4.78 is 162. The van der Waals surface area contributed by atoms with E-state index in [1.165, 1.54) is 53.1 Å². The number of rotatable bonds is 21. The molecule has 117 heavy (non-hydrogen) atoms. The molecule has 26 heteroatoms. The monoisotopic (exact) mass is 1700 g/mol. The van der Waals surface area contributed by atoms with Gasteiger partial charge in [-0.05, 0) is 239 Å². The van der Waals surface area contributed by atoms with Gasteiger partial charge in [0.05, 0.1) is 21.7 Å². The Morgan fingerprint density at radius 1 is 0.470 bits per heavy atom. The molecule has 648 valence electrons. The number of ether oxygens (including phenoxy) is 1. The molecule has 0 bridgehead atoms. The first-order chi connectivity index (χ1) is 53.7.